The molecule has 1 nitrogen and oxygen atoms in total. The van der Waals surface area contributed by atoms with Gasteiger partial charge in [-0.1, -0.05) is 164 Å². The summed E-state index contributed by atoms with van der Waals surface area (Å²) in [5.41, 5.74) is 8.07. The zero-order chi connectivity index (χ0) is 32.9. The predicted octanol–water partition coefficient (Wildman–Crippen LogP) is 11.9. The monoisotopic (exact) mass is 590 g/mol. The van der Waals surface area contributed by atoms with E-state index in [1.807, 2.05) is 0 Å². The molecule has 0 saturated heterocycles. The Labute approximate surface area is 272 Å². The number of hydrogen-bond donors (Lipinski definition) is 0. The smallest absolute Gasteiger partial charge is 0.0763 e. The molecule has 0 aromatic rings. The fourth-order valence-corrected chi connectivity index (χ4v) is 6.55. The molecule has 2 radical (unpaired) electrons. The molecule has 4 atom stereocenters. The molecule has 2 heteroatoms. The largest absolute Gasteiger partial charge is 0.374 e. The summed E-state index contributed by atoms with van der Waals surface area (Å²) in [4.78, 5) is 0. The van der Waals surface area contributed by atoms with Crippen molar-refractivity contribution in [1.82, 2.24) is 0 Å². The molecule has 0 N–H and O–H groups in total. The average molecular weight is 591 g/mol. The highest BCUT2D eigenvalue weighted by molar-refractivity contribution is 6.13. The van der Waals surface area contributed by atoms with Gasteiger partial charge < -0.3 is 4.74 Å². The predicted molar refractivity (Wildman–Crippen MR) is 197 cm³/mol. The topological polar surface area (TPSA) is 9.23 Å². The molecule has 0 spiro atoms. The summed E-state index contributed by atoms with van der Waals surface area (Å²) in [6.45, 7) is 25.2. The molecule has 0 aromatic carbocycles. The second-order valence-corrected chi connectivity index (χ2v) is 14.3. The van der Waals surface area contributed by atoms with E-state index in [0.717, 1.165) is 19.4 Å². The van der Waals surface area contributed by atoms with Crippen LogP contribution in [0.25, 0.3) is 0 Å². The summed E-state index contributed by atoms with van der Waals surface area (Å²) >= 11 is 0. The van der Waals surface area contributed by atoms with Gasteiger partial charge in [0.05, 0.1) is 14.0 Å². The van der Waals surface area contributed by atoms with Gasteiger partial charge in [0.2, 0.25) is 0 Å². The third kappa shape index (κ3) is 12.6. The van der Waals surface area contributed by atoms with Crippen molar-refractivity contribution in [2.75, 3.05) is 6.61 Å². The van der Waals surface area contributed by atoms with E-state index < -0.39 is 0 Å². The summed E-state index contributed by atoms with van der Waals surface area (Å²) in [6.07, 6.45) is 37.4. The lowest BCUT2D eigenvalue weighted by atomic mass is 9.61. The van der Waals surface area contributed by atoms with Crippen LogP contribution in [0.15, 0.2) is 131 Å². The standard InChI is InChI=1S/C42H59BO/c1-12-44-38-28-36(7)40(42(10,11)30-38)26-24-34(5)22-16-20-32(3)18-14-13-17-31(2)19-15-21-33(4)23-25-39-35(6)27-37(43)29-41(39,8)9/h13-28,37-40H,12,29-30H2,1-11H3/b14-13+,19-15+,20-16+,25-23+,26-24+,31-17+,32-18+,33-21+,34-22+/t37-,38-,39?,40?/m1/s1. The Bertz CT molecular complexity index is 1290. The second-order valence-electron chi connectivity index (χ2n) is 14.3. The lowest BCUT2D eigenvalue weighted by Crippen LogP contribution is -2.33. The highest BCUT2D eigenvalue weighted by Gasteiger charge is 2.35. The fourth-order valence-electron chi connectivity index (χ4n) is 6.55. The minimum Gasteiger partial charge on any atom is -0.374 e. The van der Waals surface area contributed by atoms with Crippen molar-refractivity contribution in [2.45, 2.75) is 101 Å². The van der Waals surface area contributed by atoms with Gasteiger partial charge in [0.15, 0.2) is 0 Å². The Hall–Kier alpha value is -2.84. The van der Waals surface area contributed by atoms with Crippen LogP contribution >= 0.6 is 0 Å². The van der Waals surface area contributed by atoms with Gasteiger partial charge >= 0.3 is 0 Å². The molecule has 0 heterocycles. The van der Waals surface area contributed by atoms with Crippen LogP contribution in [-0.4, -0.2) is 20.6 Å². The molecule has 0 aliphatic heterocycles. The van der Waals surface area contributed by atoms with Crippen molar-refractivity contribution >= 4 is 7.85 Å². The second kappa shape index (κ2) is 17.6. The molecule has 0 aromatic heterocycles. The normalized spacial score (nSPS) is 27.3. The molecule has 2 aliphatic carbocycles. The zero-order valence-electron chi connectivity index (χ0n) is 29.7. The van der Waals surface area contributed by atoms with Crippen molar-refractivity contribution in [3.8, 4) is 0 Å². The van der Waals surface area contributed by atoms with Gasteiger partial charge in [-0.3, -0.25) is 0 Å². The first-order valence-electron chi connectivity index (χ1n) is 16.5. The van der Waals surface area contributed by atoms with Crippen LogP contribution in [0.5, 0.6) is 0 Å². The van der Waals surface area contributed by atoms with Gasteiger partial charge in [-0.05, 0) is 72.1 Å². The molecule has 0 saturated carbocycles. The van der Waals surface area contributed by atoms with E-state index in [4.69, 9.17) is 12.6 Å². The first kappa shape index (κ1) is 37.4. The van der Waals surface area contributed by atoms with Crippen LogP contribution in [0.4, 0.5) is 0 Å². The van der Waals surface area contributed by atoms with Crippen LogP contribution in [0, 0.1) is 22.7 Å². The molecule has 0 fully saturated rings. The van der Waals surface area contributed by atoms with Crippen LogP contribution in [0.3, 0.4) is 0 Å². The summed E-state index contributed by atoms with van der Waals surface area (Å²) < 4.78 is 5.90. The number of rotatable bonds is 12. The van der Waals surface area contributed by atoms with Crippen LogP contribution in [-0.2, 0) is 4.74 Å². The van der Waals surface area contributed by atoms with Gasteiger partial charge in [0.25, 0.3) is 0 Å². The lowest BCUT2D eigenvalue weighted by Gasteiger charge is -2.40. The Morgan fingerprint density at radius 2 is 1.09 bits per heavy atom. The van der Waals surface area contributed by atoms with Gasteiger partial charge in [-0.25, -0.2) is 0 Å². The van der Waals surface area contributed by atoms with Gasteiger partial charge in [-0.2, -0.15) is 0 Å². The first-order chi connectivity index (χ1) is 20.6. The third-order valence-electron chi connectivity index (χ3n) is 8.83. The summed E-state index contributed by atoms with van der Waals surface area (Å²) in [6, 6.07) is 0. The zero-order valence-corrected chi connectivity index (χ0v) is 29.7. The molecule has 2 unspecified atom stereocenters. The van der Waals surface area contributed by atoms with E-state index >= 15 is 0 Å². The molecule has 2 aliphatic rings. The maximum Gasteiger partial charge on any atom is 0.0763 e. The molecule has 236 valence electrons. The summed E-state index contributed by atoms with van der Waals surface area (Å²) in [5.74, 6) is 1.04. The minimum atomic E-state index is 0.172. The average Bonchev–Trinajstić information content (AvgIpc) is 2.89. The minimum absolute atomic E-state index is 0.172. The first-order valence-corrected chi connectivity index (χ1v) is 16.5. The Balaban J connectivity index is 1.89. The van der Waals surface area contributed by atoms with Crippen molar-refractivity contribution in [3.05, 3.63) is 131 Å². The fraction of sp³-hybridized carbons (Fsp3) is 0.476. The van der Waals surface area contributed by atoms with Crippen molar-refractivity contribution < 1.29 is 4.74 Å². The van der Waals surface area contributed by atoms with Gasteiger partial charge in [-0.15, -0.1) is 0 Å². The van der Waals surface area contributed by atoms with Crippen LogP contribution in [0.1, 0.15) is 89.0 Å². The number of allylic oxidation sites excluding steroid dienone is 21. The van der Waals surface area contributed by atoms with E-state index in [2.05, 4.69) is 173 Å². The SMILES string of the molecule is [B][C@@H]1C=C(C)C(/C=C/C(C)=C/C=C/C(C)=C/C=C/C=C(C)/C=C/C=C(C)/C=C/C2C(C)=C[C@@H](OCC)CC2(C)C)C(C)(C)C1. The molecular weight excluding hydrogens is 531 g/mol. The molecule has 2 rings (SSSR count). The maximum absolute atomic E-state index is 6.20. The Morgan fingerprint density at radius 3 is 1.52 bits per heavy atom. The van der Waals surface area contributed by atoms with Gasteiger partial charge in [0, 0.05) is 18.4 Å². The maximum atomic E-state index is 6.20. The third-order valence-corrected chi connectivity index (χ3v) is 8.83. The molecule has 44 heavy (non-hydrogen) atoms. The van der Waals surface area contributed by atoms with Gasteiger partial charge in [0.1, 0.15) is 0 Å². The quantitative estimate of drug-likeness (QED) is 0.125. The van der Waals surface area contributed by atoms with E-state index in [0.29, 0.717) is 11.8 Å². The van der Waals surface area contributed by atoms with Crippen molar-refractivity contribution in [3.63, 3.8) is 0 Å². The van der Waals surface area contributed by atoms with Crippen LogP contribution in [0.2, 0.25) is 5.82 Å². The summed E-state index contributed by atoms with van der Waals surface area (Å²) in [7, 11) is 6.20. The lowest BCUT2D eigenvalue weighted by molar-refractivity contribution is 0.0438. The van der Waals surface area contributed by atoms with Crippen molar-refractivity contribution in [2.24, 2.45) is 22.7 Å². The van der Waals surface area contributed by atoms with E-state index in [1.54, 1.807) is 0 Å². The number of hydrogen-bond acceptors (Lipinski definition) is 1. The number of ether oxygens (including phenoxy) is 1. The van der Waals surface area contributed by atoms with E-state index in [-0.39, 0.29) is 22.8 Å². The Kier molecular flexibility index (Phi) is 14.9. The molecule has 0 bridgehead atoms. The molecule has 0 amide bonds. The Morgan fingerprint density at radius 1 is 0.682 bits per heavy atom. The van der Waals surface area contributed by atoms with Crippen LogP contribution < -0.4 is 0 Å². The highest BCUT2D eigenvalue weighted by atomic mass is 16.5. The highest BCUT2D eigenvalue weighted by Crippen LogP contribution is 2.45. The summed E-state index contributed by atoms with van der Waals surface area (Å²) in [5, 5.41) is 0. The van der Waals surface area contributed by atoms with E-state index in [9.17, 15) is 0 Å². The molecular formula is C42H59BO. The van der Waals surface area contributed by atoms with Crippen molar-refractivity contribution in [1.29, 1.82) is 0 Å². The van der Waals surface area contributed by atoms with E-state index in [1.165, 1.54) is 33.4 Å².